The van der Waals surface area contributed by atoms with Gasteiger partial charge in [-0.05, 0) is 26.2 Å². The van der Waals surface area contributed by atoms with Crippen LogP contribution in [-0.2, 0) is 9.53 Å². The number of carbonyl (C=O) groups excluding carboxylic acids is 1. The molecular formula is C11H17NO2. The Morgan fingerprint density at radius 1 is 1.64 bits per heavy atom. The summed E-state index contributed by atoms with van der Waals surface area (Å²) in [5.74, 6) is 0.179. The van der Waals surface area contributed by atoms with Gasteiger partial charge in [-0.15, -0.1) is 0 Å². The summed E-state index contributed by atoms with van der Waals surface area (Å²) in [6, 6.07) is 2.09. The van der Waals surface area contributed by atoms with Gasteiger partial charge < -0.3 is 4.74 Å². The molecule has 1 aliphatic carbocycles. The molecule has 0 saturated heterocycles. The molecule has 1 unspecified atom stereocenters. The van der Waals surface area contributed by atoms with Crippen LogP contribution in [0.15, 0.2) is 0 Å². The van der Waals surface area contributed by atoms with Crippen molar-refractivity contribution >= 4 is 5.97 Å². The number of nitriles is 1. The Hall–Kier alpha value is -1.04. The standard InChI is InChI=1S/C11H17NO2/c1-3-14-10(13)11(2,8-12)7-9-5-4-6-9/h9H,3-7H2,1-2H3. The molecule has 1 aliphatic rings. The Morgan fingerprint density at radius 2 is 2.29 bits per heavy atom. The largest absolute Gasteiger partial charge is 0.465 e. The molecule has 0 aliphatic heterocycles. The normalized spacial score (nSPS) is 20.4. The molecule has 3 nitrogen and oxygen atoms in total. The third kappa shape index (κ3) is 2.25. The molecule has 1 saturated carbocycles. The highest BCUT2D eigenvalue weighted by Gasteiger charge is 2.38. The number of esters is 1. The van der Waals surface area contributed by atoms with E-state index in [0.29, 0.717) is 18.9 Å². The zero-order valence-corrected chi connectivity index (χ0v) is 8.88. The molecule has 0 spiro atoms. The van der Waals surface area contributed by atoms with Crippen LogP contribution in [0.4, 0.5) is 0 Å². The van der Waals surface area contributed by atoms with Gasteiger partial charge in [-0.25, -0.2) is 0 Å². The van der Waals surface area contributed by atoms with Crippen LogP contribution in [-0.4, -0.2) is 12.6 Å². The van der Waals surface area contributed by atoms with E-state index in [2.05, 4.69) is 6.07 Å². The van der Waals surface area contributed by atoms with Crippen LogP contribution in [0.1, 0.15) is 39.5 Å². The molecule has 1 fully saturated rings. The highest BCUT2D eigenvalue weighted by molar-refractivity contribution is 5.79. The van der Waals surface area contributed by atoms with Gasteiger partial charge in [-0.3, -0.25) is 4.79 Å². The van der Waals surface area contributed by atoms with E-state index in [1.54, 1.807) is 13.8 Å². The smallest absolute Gasteiger partial charge is 0.326 e. The molecule has 78 valence electrons. The lowest BCUT2D eigenvalue weighted by molar-refractivity contribution is -0.152. The van der Waals surface area contributed by atoms with Crippen molar-refractivity contribution < 1.29 is 9.53 Å². The van der Waals surface area contributed by atoms with Gasteiger partial charge in [0.1, 0.15) is 0 Å². The van der Waals surface area contributed by atoms with Gasteiger partial charge in [0.05, 0.1) is 12.7 Å². The lowest BCUT2D eigenvalue weighted by Gasteiger charge is -2.30. The highest BCUT2D eigenvalue weighted by atomic mass is 16.5. The number of nitrogens with zero attached hydrogens (tertiary/aromatic N) is 1. The Labute approximate surface area is 85.1 Å². The van der Waals surface area contributed by atoms with Crippen molar-refractivity contribution in [2.45, 2.75) is 39.5 Å². The van der Waals surface area contributed by atoms with E-state index >= 15 is 0 Å². The summed E-state index contributed by atoms with van der Waals surface area (Å²) in [6.07, 6.45) is 4.19. The number of rotatable bonds is 4. The number of hydrogen-bond donors (Lipinski definition) is 0. The minimum atomic E-state index is -0.929. The van der Waals surface area contributed by atoms with E-state index < -0.39 is 5.41 Å². The molecule has 0 N–H and O–H groups in total. The molecule has 0 heterocycles. The van der Waals surface area contributed by atoms with Crippen LogP contribution in [0.2, 0.25) is 0 Å². The number of hydrogen-bond acceptors (Lipinski definition) is 3. The first kappa shape index (κ1) is 11.0. The molecule has 0 amide bonds. The topological polar surface area (TPSA) is 50.1 Å². The van der Waals surface area contributed by atoms with Crippen molar-refractivity contribution in [3.8, 4) is 6.07 Å². The van der Waals surface area contributed by atoms with E-state index in [9.17, 15) is 4.79 Å². The van der Waals surface area contributed by atoms with Gasteiger partial charge in [0, 0.05) is 0 Å². The van der Waals surface area contributed by atoms with Crippen LogP contribution < -0.4 is 0 Å². The fourth-order valence-corrected chi connectivity index (χ4v) is 1.74. The van der Waals surface area contributed by atoms with E-state index in [0.717, 1.165) is 12.8 Å². The Kier molecular flexibility index (Phi) is 3.51. The zero-order valence-electron chi connectivity index (χ0n) is 8.88. The van der Waals surface area contributed by atoms with E-state index in [1.807, 2.05) is 0 Å². The molecule has 3 heteroatoms. The summed E-state index contributed by atoms with van der Waals surface area (Å²) >= 11 is 0. The molecule has 14 heavy (non-hydrogen) atoms. The average molecular weight is 195 g/mol. The first-order valence-electron chi connectivity index (χ1n) is 5.21. The number of ether oxygens (including phenoxy) is 1. The third-order valence-electron chi connectivity index (χ3n) is 2.89. The predicted octanol–water partition coefficient (Wildman–Crippen LogP) is 2.27. The van der Waals surface area contributed by atoms with Gasteiger partial charge in [-0.2, -0.15) is 5.26 Å². The Morgan fingerprint density at radius 3 is 2.64 bits per heavy atom. The Bertz CT molecular complexity index is 253. The van der Waals surface area contributed by atoms with Gasteiger partial charge in [0.15, 0.2) is 5.41 Å². The van der Waals surface area contributed by atoms with E-state index in [-0.39, 0.29) is 5.97 Å². The summed E-state index contributed by atoms with van der Waals surface area (Å²) in [4.78, 5) is 11.5. The van der Waals surface area contributed by atoms with Crippen molar-refractivity contribution in [2.75, 3.05) is 6.61 Å². The van der Waals surface area contributed by atoms with Crippen molar-refractivity contribution in [3.63, 3.8) is 0 Å². The van der Waals surface area contributed by atoms with Gasteiger partial charge >= 0.3 is 5.97 Å². The lowest BCUT2D eigenvalue weighted by Crippen LogP contribution is -2.32. The minimum Gasteiger partial charge on any atom is -0.465 e. The van der Waals surface area contributed by atoms with Crippen molar-refractivity contribution in [3.05, 3.63) is 0 Å². The second-order valence-electron chi connectivity index (χ2n) is 4.17. The van der Waals surface area contributed by atoms with E-state index in [1.165, 1.54) is 6.42 Å². The van der Waals surface area contributed by atoms with Crippen LogP contribution in [0.5, 0.6) is 0 Å². The quantitative estimate of drug-likeness (QED) is 0.646. The minimum absolute atomic E-state index is 0.348. The van der Waals surface area contributed by atoms with Crippen LogP contribution in [0.25, 0.3) is 0 Å². The summed E-state index contributed by atoms with van der Waals surface area (Å²) in [5.41, 5.74) is -0.929. The summed E-state index contributed by atoms with van der Waals surface area (Å²) in [5, 5.41) is 9.00. The van der Waals surface area contributed by atoms with Crippen LogP contribution in [0, 0.1) is 22.7 Å². The molecule has 0 radical (unpaired) electrons. The number of carbonyl (C=O) groups is 1. The maximum Gasteiger partial charge on any atom is 0.326 e. The maximum atomic E-state index is 11.5. The zero-order chi connectivity index (χ0) is 10.6. The van der Waals surface area contributed by atoms with Crippen molar-refractivity contribution in [2.24, 2.45) is 11.3 Å². The van der Waals surface area contributed by atoms with Gasteiger partial charge in [0.2, 0.25) is 0 Å². The summed E-state index contributed by atoms with van der Waals surface area (Å²) in [7, 11) is 0. The lowest BCUT2D eigenvalue weighted by atomic mass is 9.73. The van der Waals surface area contributed by atoms with Gasteiger partial charge in [0.25, 0.3) is 0 Å². The molecule has 0 aromatic carbocycles. The maximum absolute atomic E-state index is 11.5. The second kappa shape index (κ2) is 4.45. The van der Waals surface area contributed by atoms with Gasteiger partial charge in [-0.1, -0.05) is 19.3 Å². The van der Waals surface area contributed by atoms with Crippen molar-refractivity contribution in [1.82, 2.24) is 0 Å². The predicted molar refractivity (Wildman–Crippen MR) is 52.3 cm³/mol. The van der Waals surface area contributed by atoms with Crippen molar-refractivity contribution in [1.29, 1.82) is 5.26 Å². The first-order valence-corrected chi connectivity index (χ1v) is 5.21. The second-order valence-corrected chi connectivity index (χ2v) is 4.17. The molecule has 0 aromatic rings. The first-order chi connectivity index (χ1) is 6.62. The van der Waals surface area contributed by atoms with Crippen LogP contribution in [0.3, 0.4) is 0 Å². The fraction of sp³-hybridized carbons (Fsp3) is 0.818. The molecule has 0 bridgehead atoms. The summed E-state index contributed by atoms with van der Waals surface area (Å²) < 4.78 is 4.91. The molecule has 1 rings (SSSR count). The fourth-order valence-electron chi connectivity index (χ4n) is 1.74. The average Bonchev–Trinajstić information content (AvgIpc) is 2.11. The monoisotopic (exact) mass is 195 g/mol. The molecular weight excluding hydrogens is 178 g/mol. The highest BCUT2D eigenvalue weighted by Crippen LogP contribution is 2.37. The molecule has 0 aromatic heterocycles. The Balaban J connectivity index is 2.55. The third-order valence-corrected chi connectivity index (χ3v) is 2.89. The van der Waals surface area contributed by atoms with E-state index in [4.69, 9.17) is 10.00 Å². The summed E-state index contributed by atoms with van der Waals surface area (Å²) in [6.45, 7) is 3.79. The SMILES string of the molecule is CCOC(=O)C(C)(C#N)CC1CCC1. The molecule has 1 atom stereocenters. The van der Waals surface area contributed by atoms with Crippen LogP contribution >= 0.6 is 0 Å².